The van der Waals surface area contributed by atoms with Crippen molar-refractivity contribution in [1.29, 1.82) is 0 Å². The maximum absolute atomic E-state index is 11.9. The van der Waals surface area contributed by atoms with E-state index in [0.717, 1.165) is 4.47 Å². The molecule has 0 bridgehead atoms. The number of rotatable bonds is 2. The number of nitrogens with two attached hydrogens (primary N) is 1. The maximum Gasteiger partial charge on any atom is 0.265 e. The van der Waals surface area contributed by atoms with Gasteiger partial charge in [-0.05, 0) is 46.3 Å². The molecule has 0 saturated carbocycles. The molecule has 1 aromatic carbocycles. The highest BCUT2D eigenvalue weighted by molar-refractivity contribution is 9.10. The van der Waals surface area contributed by atoms with Gasteiger partial charge in [0, 0.05) is 10.2 Å². The Morgan fingerprint density at radius 2 is 2.12 bits per heavy atom. The van der Waals surface area contributed by atoms with Crippen LogP contribution in [-0.4, -0.2) is 5.91 Å². The third-order valence-corrected chi connectivity index (χ3v) is 3.92. The van der Waals surface area contributed by atoms with Crippen molar-refractivity contribution in [3.8, 4) is 0 Å². The van der Waals surface area contributed by atoms with Crippen LogP contribution in [0.4, 0.5) is 11.4 Å². The second-order valence-corrected chi connectivity index (χ2v) is 5.87. The van der Waals surface area contributed by atoms with E-state index in [1.807, 2.05) is 0 Å². The van der Waals surface area contributed by atoms with Crippen LogP contribution in [0.15, 0.2) is 34.8 Å². The average molecular weight is 332 g/mol. The summed E-state index contributed by atoms with van der Waals surface area (Å²) < 4.78 is 1.33. The Balaban J connectivity index is 2.18. The summed E-state index contributed by atoms with van der Waals surface area (Å²) >= 11 is 10.3. The van der Waals surface area contributed by atoms with Crippen LogP contribution in [0, 0.1) is 0 Å². The highest BCUT2D eigenvalue weighted by atomic mass is 79.9. The standard InChI is InChI=1S/C11H8BrClN2OS/c12-7-5-6(14)1-2-8(7)15-11(16)9-3-4-10(13)17-9/h1-5H,14H2,(H,15,16). The van der Waals surface area contributed by atoms with Crippen LogP contribution in [0.1, 0.15) is 9.67 Å². The minimum absolute atomic E-state index is 0.188. The summed E-state index contributed by atoms with van der Waals surface area (Å²) in [6.07, 6.45) is 0. The van der Waals surface area contributed by atoms with Crippen LogP contribution >= 0.6 is 38.9 Å². The van der Waals surface area contributed by atoms with Crippen LogP contribution in [-0.2, 0) is 0 Å². The Labute approximate surface area is 116 Å². The Hall–Kier alpha value is -1.04. The SMILES string of the molecule is Nc1ccc(NC(=O)c2ccc(Cl)s2)c(Br)c1. The van der Waals surface area contributed by atoms with Crippen molar-refractivity contribution in [1.82, 2.24) is 0 Å². The van der Waals surface area contributed by atoms with E-state index in [-0.39, 0.29) is 5.91 Å². The lowest BCUT2D eigenvalue weighted by Crippen LogP contribution is -2.10. The Morgan fingerprint density at radius 1 is 1.35 bits per heavy atom. The lowest BCUT2D eigenvalue weighted by atomic mass is 10.3. The lowest BCUT2D eigenvalue weighted by Gasteiger charge is -2.06. The summed E-state index contributed by atoms with van der Waals surface area (Å²) in [5.41, 5.74) is 6.92. The van der Waals surface area contributed by atoms with Gasteiger partial charge in [-0.3, -0.25) is 4.79 Å². The fourth-order valence-corrected chi connectivity index (χ4v) is 2.69. The first-order valence-corrected chi connectivity index (χ1v) is 6.67. The monoisotopic (exact) mass is 330 g/mol. The summed E-state index contributed by atoms with van der Waals surface area (Å²) in [6.45, 7) is 0. The van der Waals surface area contributed by atoms with E-state index in [1.54, 1.807) is 30.3 Å². The van der Waals surface area contributed by atoms with Gasteiger partial charge in [0.15, 0.2) is 0 Å². The Bertz CT molecular complexity index is 570. The lowest BCUT2D eigenvalue weighted by molar-refractivity contribution is 0.103. The molecule has 1 amide bonds. The van der Waals surface area contributed by atoms with Crippen LogP contribution < -0.4 is 11.1 Å². The highest BCUT2D eigenvalue weighted by Crippen LogP contribution is 2.27. The predicted molar refractivity (Wildman–Crippen MR) is 75.8 cm³/mol. The number of amides is 1. The molecule has 6 heteroatoms. The van der Waals surface area contributed by atoms with Crippen LogP contribution in [0.3, 0.4) is 0 Å². The molecule has 0 aliphatic carbocycles. The molecule has 0 atom stereocenters. The number of nitrogens with one attached hydrogen (secondary N) is 1. The Morgan fingerprint density at radius 3 is 2.71 bits per heavy atom. The van der Waals surface area contributed by atoms with Gasteiger partial charge in [0.1, 0.15) is 0 Å². The Kier molecular flexibility index (Phi) is 3.71. The molecule has 0 radical (unpaired) electrons. The number of hydrogen-bond acceptors (Lipinski definition) is 3. The van der Waals surface area contributed by atoms with Crippen molar-refractivity contribution in [2.24, 2.45) is 0 Å². The third-order valence-electron chi connectivity index (χ3n) is 2.04. The molecule has 1 aromatic heterocycles. The summed E-state index contributed by atoms with van der Waals surface area (Å²) in [5.74, 6) is -0.188. The molecular formula is C11H8BrClN2OS. The molecule has 1 heterocycles. The summed E-state index contributed by atoms with van der Waals surface area (Å²) in [6, 6.07) is 8.58. The van der Waals surface area contributed by atoms with Gasteiger partial charge in [0.25, 0.3) is 5.91 Å². The topological polar surface area (TPSA) is 55.1 Å². The van der Waals surface area contributed by atoms with E-state index in [0.29, 0.717) is 20.6 Å². The number of hydrogen-bond donors (Lipinski definition) is 2. The number of anilines is 2. The number of benzene rings is 1. The highest BCUT2D eigenvalue weighted by Gasteiger charge is 2.10. The van der Waals surface area contributed by atoms with E-state index in [1.165, 1.54) is 11.3 Å². The second kappa shape index (κ2) is 5.08. The molecule has 17 heavy (non-hydrogen) atoms. The van der Waals surface area contributed by atoms with Gasteiger partial charge in [-0.25, -0.2) is 0 Å². The second-order valence-electron chi connectivity index (χ2n) is 3.30. The van der Waals surface area contributed by atoms with Crippen LogP contribution in [0.25, 0.3) is 0 Å². The quantitative estimate of drug-likeness (QED) is 0.817. The largest absolute Gasteiger partial charge is 0.399 e. The first kappa shape index (κ1) is 12.4. The maximum atomic E-state index is 11.9. The summed E-state index contributed by atoms with van der Waals surface area (Å²) in [4.78, 5) is 12.4. The van der Waals surface area contributed by atoms with E-state index < -0.39 is 0 Å². The van der Waals surface area contributed by atoms with Crippen LogP contribution in [0.2, 0.25) is 4.34 Å². The van der Waals surface area contributed by atoms with Gasteiger partial charge < -0.3 is 11.1 Å². The molecule has 0 aliphatic rings. The van der Waals surface area contributed by atoms with Gasteiger partial charge in [-0.2, -0.15) is 0 Å². The third kappa shape index (κ3) is 3.00. The molecule has 0 unspecified atom stereocenters. The van der Waals surface area contributed by atoms with E-state index in [4.69, 9.17) is 17.3 Å². The van der Waals surface area contributed by atoms with Crippen molar-refractivity contribution >= 4 is 56.1 Å². The zero-order chi connectivity index (χ0) is 12.4. The number of carbonyl (C=O) groups is 1. The van der Waals surface area contributed by atoms with Gasteiger partial charge in [0.05, 0.1) is 14.9 Å². The first-order valence-electron chi connectivity index (χ1n) is 4.68. The molecular weight excluding hydrogens is 324 g/mol. The summed E-state index contributed by atoms with van der Waals surface area (Å²) in [7, 11) is 0. The first-order chi connectivity index (χ1) is 8.06. The van der Waals surface area contributed by atoms with Crippen molar-refractivity contribution in [3.05, 3.63) is 44.0 Å². The molecule has 3 N–H and O–H groups in total. The number of halogens is 2. The van der Waals surface area contributed by atoms with E-state index in [2.05, 4.69) is 21.2 Å². The van der Waals surface area contributed by atoms with Gasteiger partial charge in [0.2, 0.25) is 0 Å². The average Bonchev–Trinajstić information content (AvgIpc) is 2.69. The minimum Gasteiger partial charge on any atom is -0.399 e. The predicted octanol–water partition coefficient (Wildman–Crippen LogP) is 4.00. The zero-order valence-electron chi connectivity index (χ0n) is 8.54. The molecule has 0 aliphatic heterocycles. The number of nitrogen functional groups attached to an aromatic ring is 1. The fourth-order valence-electron chi connectivity index (χ4n) is 1.25. The molecule has 0 spiro atoms. The molecule has 2 rings (SSSR count). The minimum atomic E-state index is -0.188. The van der Waals surface area contributed by atoms with Crippen LogP contribution in [0.5, 0.6) is 0 Å². The van der Waals surface area contributed by atoms with Crippen molar-refractivity contribution in [2.45, 2.75) is 0 Å². The zero-order valence-corrected chi connectivity index (χ0v) is 11.7. The van der Waals surface area contributed by atoms with Crippen molar-refractivity contribution in [3.63, 3.8) is 0 Å². The molecule has 2 aromatic rings. The summed E-state index contributed by atoms with van der Waals surface area (Å²) in [5, 5.41) is 2.78. The molecule has 88 valence electrons. The smallest absolute Gasteiger partial charge is 0.265 e. The molecule has 0 fully saturated rings. The number of carbonyl (C=O) groups excluding carboxylic acids is 1. The van der Waals surface area contributed by atoms with E-state index >= 15 is 0 Å². The van der Waals surface area contributed by atoms with Crippen molar-refractivity contribution < 1.29 is 4.79 Å². The normalized spacial score (nSPS) is 10.2. The molecule has 3 nitrogen and oxygen atoms in total. The molecule has 0 saturated heterocycles. The van der Waals surface area contributed by atoms with Crippen molar-refractivity contribution in [2.75, 3.05) is 11.1 Å². The number of thiophene rings is 1. The van der Waals surface area contributed by atoms with Gasteiger partial charge >= 0.3 is 0 Å². The van der Waals surface area contributed by atoms with Gasteiger partial charge in [-0.1, -0.05) is 11.6 Å². The fraction of sp³-hybridized carbons (Fsp3) is 0. The van der Waals surface area contributed by atoms with E-state index in [9.17, 15) is 4.79 Å². The van der Waals surface area contributed by atoms with Gasteiger partial charge in [-0.15, -0.1) is 11.3 Å².